The maximum atomic E-state index is 11.7. The molecule has 0 aliphatic heterocycles. The van der Waals surface area contributed by atoms with Crippen molar-refractivity contribution in [3.8, 4) is 0 Å². The van der Waals surface area contributed by atoms with Crippen LogP contribution in [0.25, 0.3) is 0 Å². The van der Waals surface area contributed by atoms with Gasteiger partial charge in [-0.05, 0) is 25.6 Å². The summed E-state index contributed by atoms with van der Waals surface area (Å²) < 4.78 is 0. The highest BCUT2D eigenvalue weighted by Crippen LogP contribution is 2.02. The zero-order chi connectivity index (χ0) is 15.1. The largest absolute Gasteiger partial charge is 0.366 e. The second-order valence-corrected chi connectivity index (χ2v) is 4.88. The Balaban J connectivity index is 1.64. The van der Waals surface area contributed by atoms with Gasteiger partial charge in [0, 0.05) is 13.1 Å². The van der Waals surface area contributed by atoms with Crippen LogP contribution in [0, 0.1) is 0 Å². The third kappa shape index (κ3) is 4.88. The Kier molecular flexibility index (Phi) is 5.28. The molecule has 1 amide bonds. The van der Waals surface area contributed by atoms with Crippen LogP contribution in [0.15, 0.2) is 30.3 Å². The van der Waals surface area contributed by atoms with E-state index in [4.69, 9.17) is 5.73 Å². The highest BCUT2D eigenvalue weighted by Gasteiger charge is 2.09. The molecule has 1 aromatic heterocycles. The predicted molar refractivity (Wildman–Crippen MR) is 80.5 cm³/mol. The molecule has 0 atom stereocenters. The highest BCUT2D eigenvalue weighted by molar-refractivity contribution is 5.90. The molecule has 0 bridgehead atoms. The van der Waals surface area contributed by atoms with E-state index >= 15 is 0 Å². The Morgan fingerprint density at radius 1 is 1.38 bits per heavy atom. The van der Waals surface area contributed by atoms with Crippen LogP contribution in [-0.4, -0.2) is 46.1 Å². The van der Waals surface area contributed by atoms with Crippen molar-refractivity contribution >= 4 is 11.9 Å². The van der Waals surface area contributed by atoms with E-state index in [0.29, 0.717) is 6.54 Å². The number of carbonyl (C=O) groups is 1. The number of carbonyl (C=O) groups excluding carboxylic acids is 1. The minimum absolute atomic E-state index is 0.0720. The molecule has 2 rings (SSSR count). The van der Waals surface area contributed by atoms with Gasteiger partial charge in [0.15, 0.2) is 0 Å². The smallest absolute Gasteiger partial charge is 0.288 e. The van der Waals surface area contributed by atoms with Gasteiger partial charge >= 0.3 is 0 Å². The van der Waals surface area contributed by atoms with E-state index in [1.165, 1.54) is 5.56 Å². The van der Waals surface area contributed by atoms with Crippen LogP contribution in [0.2, 0.25) is 0 Å². The molecule has 0 aliphatic rings. The standard InChI is InChI=1S/C14H20N6O/c1-20(10-11-6-3-2-4-7-11)9-5-8-16-13(21)12-17-14(15)19-18-12/h2-4,6-7H,5,8-10H2,1H3,(H,16,21)(H3,15,17,18,19). The number of nitrogens with two attached hydrogens (primary N) is 1. The van der Waals surface area contributed by atoms with Crippen molar-refractivity contribution < 1.29 is 4.79 Å². The van der Waals surface area contributed by atoms with Crippen molar-refractivity contribution in [1.29, 1.82) is 0 Å². The summed E-state index contributed by atoms with van der Waals surface area (Å²) in [5.74, 6) is -0.0715. The minimum Gasteiger partial charge on any atom is -0.366 e. The lowest BCUT2D eigenvalue weighted by Gasteiger charge is -2.16. The van der Waals surface area contributed by atoms with Crippen molar-refractivity contribution in [1.82, 2.24) is 25.4 Å². The maximum absolute atomic E-state index is 11.7. The van der Waals surface area contributed by atoms with Gasteiger partial charge in [-0.3, -0.25) is 9.89 Å². The van der Waals surface area contributed by atoms with Gasteiger partial charge in [-0.1, -0.05) is 30.3 Å². The van der Waals surface area contributed by atoms with E-state index in [0.717, 1.165) is 19.5 Å². The number of nitrogens with zero attached hydrogens (tertiary/aromatic N) is 3. The normalized spacial score (nSPS) is 10.8. The quantitative estimate of drug-likeness (QED) is 0.649. The molecule has 0 saturated heterocycles. The van der Waals surface area contributed by atoms with E-state index in [1.54, 1.807) is 0 Å². The van der Waals surface area contributed by atoms with Crippen molar-refractivity contribution in [3.05, 3.63) is 41.7 Å². The molecule has 4 N–H and O–H groups in total. The molecule has 112 valence electrons. The van der Waals surface area contributed by atoms with Crippen LogP contribution >= 0.6 is 0 Å². The molecule has 0 aliphatic carbocycles. The van der Waals surface area contributed by atoms with E-state index in [9.17, 15) is 4.79 Å². The molecular formula is C14H20N6O. The van der Waals surface area contributed by atoms with Gasteiger partial charge < -0.3 is 16.0 Å². The van der Waals surface area contributed by atoms with Crippen molar-refractivity contribution in [3.63, 3.8) is 0 Å². The Bertz CT molecular complexity index is 568. The molecular weight excluding hydrogens is 268 g/mol. The topological polar surface area (TPSA) is 99.9 Å². The molecule has 0 radical (unpaired) electrons. The third-order valence-corrected chi connectivity index (χ3v) is 3.02. The lowest BCUT2D eigenvalue weighted by molar-refractivity contribution is 0.0942. The molecule has 0 spiro atoms. The number of nitrogen functional groups attached to an aromatic ring is 1. The average Bonchev–Trinajstić information content (AvgIpc) is 2.91. The molecule has 7 nitrogen and oxygen atoms in total. The molecule has 0 fully saturated rings. The van der Waals surface area contributed by atoms with Crippen LogP contribution < -0.4 is 11.1 Å². The third-order valence-electron chi connectivity index (χ3n) is 3.02. The summed E-state index contributed by atoms with van der Waals surface area (Å²) in [5, 5.41) is 8.87. The lowest BCUT2D eigenvalue weighted by Crippen LogP contribution is -2.28. The summed E-state index contributed by atoms with van der Waals surface area (Å²) in [7, 11) is 2.06. The number of aromatic amines is 1. The number of aromatic nitrogens is 3. The summed E-state index contributed by atoms with van der Waals surface area (Å²) in [5.41, 5.74) is 6.62. The van der Waals surface area contributed by atoms with Crippen molar-refractivity contribution in [2.24, 2.45) is 0 Å². The van der Waals surface area contributed by atoms with Gasteiger partial charge in [0.05, 0.1) is 0 Å². The van der Waals surface area contributed by atoms with Gasteiger partial charge in [0.2, 0.25) is 11.8 Å². The fraction of sp³-hybridized carbons (Fsp3) is 0.357. The average molecular weight is 288 g/mol. The maximum Gasteiger partial charge on any atom is 0.288 e. The second kappa shape index (κ2) is 7.39. The summed E-state index contributed by atoms with van der Waals surface area (Å²) in [4.78, 5) is 17.7. The van der Waals surface area contributed by atoms with E-state index in [2.05, 4.69) is 44.6 Å². The van der Waals surface area contributed by atoms with E-state index < -0.39 is 0 Å². The molecule has 1 heterocycles. The number of amides is 1. The molecule has 7 heteroatoms. The molecule has 1 aromatic carbocycles. The number of anilines is 1. The Morgan fingerprint density at radius 3 is 2.81 bits per heavy atom. The summed E-state index contributed by atoms with van der Waals surface area (Å²) in [6, 6.07) is 10.3. The number of rotatable bonds is 7. The number of benzene rings is 1. The Hall–Kier alpha value is -2.41. The zero-order valence-corrected chi connectivity index (χ0v) is 12.0. The van der Waals surface area contributed by atoms with Crippen LogP contribution in [0.5, 0.6) is 0 Å². The van der Waals surface area contributed by atoms with Crippen LogP contribution in [0.1, 0.15) is 22.6 Å². The first-order chi connectivity index (χ1) is 10.1. The summed E-state index contributed by atoms with van der Waals surface area (Å²) in [6.45, 7) is 2.37. The molecule has 2 aromatic rings. The molecule has 0 saturated carbocycles. The van der Waals surface area contributed by atoms with Crippen molar-refractivity contribution in [2.75, 3.05) is 25.9 Å². The summed E-state index contributed by atoms with van der Waals surface area (Å²) >= 11 is 0. The number of hydrogen-bond acceptors (Lipinski definition) is 5. The fourth-order valence-corrected chi connectivity index (χ4v) is 1.99. The number of hydrogen-bond donors (Lipinski definition) is 3. The predicted octanol–water partition coefficient (Wildman–Crippen LogP) is 0.639. The van der Waals surface area contributed by atoms with Gasteiger partial charge in [-0.2, -0.15) is 4.98 Å². The Labute approximate surface area is 123 Å². The van der Waals surface area contributed by atoms with Crippen molar-refractivity contribution in [2.45, 2.75) is 13.0 Å². The zero-order valence-electron chi connectivity index (χ0n) is 12.0. The highest BCUT2D eigenvalue weighted by atomic mass is 16.2. The Morgan fingerprint density at radius 2 is 2.14 bits per heavy atom. The van der Waals surface area contributed by atoms with Gasteiger partial charge in [0.1, 0.15) is 0 Å². The number of H-pyrrole nitrogens is 1. The second-order valence-electron chi connectivity index (χ2n) is 4.88. The van der Waals surface area contributed by atoms with Crippen LogP contribution in [0.3, 0.4) is 0 Å². The van der Waals surface area contributed by atoms with Crippen LogP contribution in [-0.2, 0) is 6.54 Å². The lowest BCUT2D eigenvalue weighted by atomic mass is 10.2. The van der Waals surface area contributed by atoms with Crippen LogP contribution in [0.4, 0.5) is 5.95 Å². The molecule has 0 unspecified atom stereocenters. The first-order valence-corrected chi connectivity index (χ1v) is 6.83. The SMILES string of the molecule is CN(CCCNC(=O)c1nc(N)n[nH]1)Cc1ccccc1. The van der Waals surface area contributed by atoms with Gasteiger partial charge in [-0.25, -0.2) is 0 Å². The minimum atomic E-state index is -0.287. The fourth-order valence-electron chi connectivity index (χ4n) is 1.99. The molecule has 21 heavy (non-hydrogen) atoms. The van der Waals surface area contributed by atoms with E-state index in [-0.39, 0.29) is 17.7 Å². The van der Waals surface area contributed by atoms with E-state index in [1.807, 2.05) is 18.2 Å². The monoisotopic (exact) mass is 288 g/mol. The summed E-state index contributed by atoms with van der Waals surface area (Å²) in [6.07, 6.45) is 0.860. The number of nitrogens with one attached hydrogen (secondary N) is 2. The first-order valence-electron chi connectivity index (χ1n) is 6.83. The van der Waals surface area contributed by atoms with Gasteiger partial charge in [0.25, 0.3) is 5.91 Å². The first kappa shape index (κ1) is 15.0. The van der Waals surface area contributed by atoms with Gasteiger partial charge in [-0.15, -0.1) is 5.10 Å².